The Hall–Kier alpha value is -2.11. The third kappa shape index (κ3) is 1.63. The van der Waals surface area contributed by atoms with Gasteiger partial charge in [-0.05, 0) is 12.5 Å². The van der Waals surface area contributed by atoms with Gasteiger partial charge < -0.3 is 15.3 Å². The topological polar surface area (TPSA) is 108 Å². The monoisotopic (exact) mass is 197 g/mol. The molecule has 6 heteroatoms. The van der Waals surface area contributed by atoms with Gasteiger partial charge in [-0.25, -0.2) is 14.6 Å². The first kappa shape index (κ1) is 9.97. The van der Waals surface area contributed by atoms with Crippen LogP contribution in [0.3, 0.4) is 0 Å². The Kier molecular flexibility index (Phi) is 2.37. The van der Waals surface area contributed by atoms with E-state index in [4.69, 9.17) is 15.3 Å². The molecule has 14 heavy (non-hydrogen) atoms. The second-order valence-corrected chi connectivity index (χ2v) is 2.63. The normalized spacial score (nSPS) is 9.79. The summed E-state index contributed by atoms with van der Waals surface area (Å²) in [7, 11) is 0. The molecule has 0 saturated carbocycles. The van der Waals surface area contributed by atoms with Gasteiger partial charge in [0, 0.05) is 6.07 Å². The van der Waals surface area contributed by atoms with E-state index < -0.39 is 29.1 Å². The van der Waals surface area contributed by atoms with E-state index in [-0.39, 0.29) is 5.56 Å². The largest absolute Gasteiger partial charge is 0.493 e. The molecule has 0 amide bonds. The van der Waals surface area contributed by atoms with Crippen molar-refractivity contribution in [2.45, 2.75) is 6.92 Å². The van der Waals surface area contributed by atoms with Crippen LogP contribution in [-0.4, -0.2) is 32.2 Å². The summed E-state index contributed by atoms with van der Waals surface area (Å²) in [5, 5.41) is 26.3. The molecule has 0 aromatic carbocycles. The molecule has 0 bridgehead atoms. The third-order valence-electron chi connectivity index (χ3n) is 1.62. The number of carbonyl (C=O) groups is 2. The number of carboxylic acid groups (broad SMARTS) is 2. The van der Waals surface area contributed by atoms with Gasteiger partial charge >= 0.3 is 11.9 Å². The lowest BCUT2D eigenvalue weighted by atomic mass is 10.1. The molecule has 74 valence electrons. The van der Waals surface area contributed by atoms with Crippen molar-refractivity contribution < 1.29 is 24.9 Å². The molecular weight excluding hydrogens is 190 g/mol. The van der Waals surface area contributed by atoms with Crippen molar-refractivity contribution in [3.63, 3.8) is 0 Å². The number of carboxylic acids is 2. The van der Waals surface area contributed by atoms with Gasteiger partial charge in [-0.1, -0.05) is 0 Å². The number of pyridine rings is 1. The van der Waals surface area contributed by atoms with Crippen molar-refractivity contribution in [3.05, 3.63) is 22.9 Å². The SMILES string of the molecule is Cc1cc(O)nc(C(=O)O)c1C(=O)O. The Balaban J connectivity index is 3.52. The number of hydrogen-bond acceptors (Lipinski definition) is 4. The first-order valence-corrected chi connectivity index (χ1v) is 3.60. The molecule has 3 N–H and O–H groups in total. The fourth-order valence-corrected chi connectivity index (χ4v) is 1.08. The number of aromatic nitrogens is 1. The molecule has 0 aliphatic carbocycles. The van der Waals surface area contributed by atoms with Gasteiger partial charge in [-0.15, -0.1) is 0 Å². The maximum Gasteiger partial charge on any atom is 0.355 e. The van der Waals surface area contributed by atoms with Gasteiger partial charge in [0.25, 0.3) is 0 Å². The third-order valence-corrected chi connectivity index (χ3v) is 1.62. The van der Waals surface area contributed by atoms with Crippen LogP contribution in [0.25, 0.3) is 0 Å². The molecule has 0 spiro atoms. The van der Waals surface area contributed by atoms with Crippen LogP contribution in [0.4, 0.5) is 0 Å². The predicted octanol–water partition coefficient (Wildman–Crippen LogP) is 0.492. The van der Waals surface area contributed by atoms with Crippen molar-refractivity contribution in [1.29, 1.82) is 0 Å². The highest BCUT2D eigenvalue weighted by Gasteiger charge is 2.21. The average Bonchev–Trinajstić information content (AvgIpc) is 2.01. The lowest BCUT2D eigenvalue weighted by Crippen LogP contribution is -2.12. The molecule has 1 aromatic heterocycles. The van der Waals surface area contributed by atoms with E-state index in [0.29, 0.717) is 0 Å². The molecular formula is C8H7NO5. The van der Waals surface area contributed by atoms with E-state index in [1.165, 1.54) is 6.92 Å². The fourth-order valence-electron chi connectivity index (χ4n) is 1.08. The molecule has 1 rings (SSSR count). The second kappa shape index (κ2) is 3.33. The van der Waals surface area contributed by atoms with Gasteiger partial charge in [-0.3, -0.25) is 0 Å². The summed E-state index contributed by atoms with van der Waals surface area (Å²) in [6.07, 6.45) is 0. The first-order chi connectivity index (χ1) is 6.43. The summed E-state index contributed by atoms with van der Waals surface area (Å²) in [5.41, 5.74) is -0.910. The van der Waals surface area contributed by atoms with Crippen molar-refractivity contribution in [2.24, 2.45) is 0 Å². The number of nitrogens with zero attached hydrogens (tertiary/aromatic N) is 1. The van der Waals surface area contributed by atoms with Crippen LogP contribution in [0.15, 0.2) is 6.07 Å². The minimum absolute atomic E-state index is 0.155. The average molecular weight is 197 g/mol. The molecule has 0 aliphatic heterocycles. The maximum absolute atomic E-state index is 10.7. The standard InChI is InChI=1S/C8H7NO5/c1-3-2-4(10)9-6(8(13)14)5(3)7(11)12/h2H,1H3,(H,9,10)(H,11,12)(H,13,14). The minimum Gasteiger partial charge on any atom is -0.493 e. The zero-order chi connectivity index (χ0) is 10.9. The van der Waals surface area contributed by atoms with Crippen molar-refractivity contribution in [3.8, 4) is 5.88 Å². The van der Waals surface area contributed by atoms with Crippen LogP contribution < -0.4 is 0 Å². The molecule has 0 atom stereocenters. The highest BCUT2D eigenvalue weighted by molar-refractivity contribution is 6.01. The van der Waals surface area contributed by atoms with Crippen LogP contribution in [0, 0.1) is 6.92 Å². The quantitative estimate of drug-likeness (QED) is 0.636. The number of aromatic hydroxyl groups is 1. The lowest BCUT2D eigenvalue weighted by molar-refractivity contribution is 0.0644. The summed E-state index contributed by atoms with van der Waals surface area (Å²) >= 11 is 0. The van der Waals surface area contributed by atoms with Crippen LogP contribution in [0.5, 0.6) is 5.88 Å². The number of aromatic carboxylic acids is 2. The predicted molar refractivity (Wildman–Crippen MR) is 44.6 cm³/mol. The highest BCUT2D eigenvalue weighted by Crippen LogP contribution is 2.17. The molecule has 0 saturated heterocycles. The molecule has 1 aromatic rings. The summed E-state index contributed by atoms with van der Waals surface area (Å²) in [6, 6.07) is 1.09. The zero-order valence-electron chi connectivity index (χ0n) is 7.18. The van der Waals surface area contributed by atoms with Gasteiger partial charge in [0.05, 0.1) is 5.56 Å². The molecule has 0 unspecified atom stereocenters. The van der Waals surface area contributed by atoms with Crippen molar-refractivity contribution in [2.75, 3.05) is 0 Å². The summed E-state index contributed by atoms with van der Waals surface area (Å²) in [6.45, 7) is 1.39. The number of aryl methyl sites for hydroxylation is 1. The van der Waals surface area contributed by atoms with E-state index in [1.54, 1.807) is 0 Å². The maximum atomic E-state index is 10.7. The van der Waals surface area contributed by atoms with Crippen LogP contribution in [-0.2, 0) is 0 Å². The van der Waals surface area contributed by atoms with Gasteiger partial charge in [0.1, 0.15) is 0 Å². The highest BCUT2D eigenvalue weighted by atomic mass is 16.4. The Labute approximate surface area is 78.5 Å². The summed E-state index contributed by atoms with van der Waals surface area (Å²) in [4.78, 5) is 24.5. The Morgan fingerprint density at radius 1 is 1.29 bits per heavy atom. The molecule has 6 nitrogen and oxygen atoms in total. The van der Waals surface area contributed by atoms with Crippen LogP contribution in [0.1, 0.15) is 26.4 Å². The van der Waals surface area contributed by atoms with Gasteiger partial charge in [0.2, 0.25) is 5.88 Å². The Bertz CT molecular complexity index is 412. The fraction of sp³-hybridized carbons (Fsp3) is 0.125. The zero-order valence-corrected chi connectivity index (χ0v) is 7.18. The molecule has 1 heterocycles. The van der Waals surface area contributed by atoms with Crippen LogP contribution >= 0.6 is 0 Å². The van der Waals surface area contributed by atoms with Crippen molar-refractivity contribution in [1.82, 2.24) is 4.98 Å². The van der Waals surface area contributed by atoms with Crippen molar-refractivity contribution >= 4 is 11.9 Å². The van der Waals surface area contributed by atoms with Gasteiger partial charge in [-0.2, -0.15) is 0 Å². The van der Waals surface area contributed by atoms with Crippen LogP contribution in [0.2, 0.25) is 0 Å². The lowest BCUT2D eigenvalue weighted by Gasteiger charge is -2.04. The van der Waals surface area contributed by atoms with E-state index >= 15 is 0 Å². The van der Waals surface area contributed by atoms with E-state index in [2.05, 4.69) is 4.98 Å². The number of hydrogen-bond donors (Lipinski definition) is 3. The first-order valence-electron chi connectivity index (χ1n) is 3.60. The minimum atomic E-state index is -1.48. The van der Waals surface area contributed by atoms with Gasteiger partial charge in [0.15, 0.2) is 5.69 Å². The van der Waals surface area contributed by atoms with E-state index in [9.17, 15) is 9.59 Å². The van der Waals surface area contributed by atoms with E-state index in [1.807, 2.05) is 0 Å². The smallest absolute Gasteiger partial charge is 0.355 e. The molecule has 0 radical (unpaired) electrons. The molecule has 0 aliphatic rings. The summed E-state index contributed by atoms with van der Waals surface area (Å²) < 4.78 is 0. The summed E-state index contributed by atoms with van der Waals surface area (Å²) in [5.74, 6) is -3.38. The van der Waals surface area contributed by atoms with E-state index in [0.717, 1.165) is 6.07 Å². The Morgan fingerprint density at radius 3 is 2.29 bits per heavy atom. The number of rotatable bonds is 2. The molecule has 0 fully saturated rings. The second-order valence-electron chi connectivity index (χ2n) is 2.63. The Morgan fingerprint density at radius 2 is 1.86 bits per heavy atom.